The van der Waals surface area contributed by atoms with Crippen molar-refractivity contribution in [2.24, 2.45) is 10.8 Å². The molecule has 3 rings (SSSR count). The van der Waals surface area contributed by atoms with Gasteiger partial charge in [-0.3, -0.25) is 4.79 Å². The van der Waals surface area contributed by atoms with Crippen LogP contribution < -0.4 is 14.2 Å². The van der Waals surface area contributed by atoms with Crippen LogP contribution in [0.2, 0.25) is 0 Å². The van der Waals surface area contributed by atoms with Crippen LogP contribution in [0, 0.1) is 10.8 Å². The normalized spacial score (nSPS) is 30.4. The molecule has 24 heavy (non-hydrogen) atoms. The summed E-state index contributed by atoms with van der Waals surface area (Å²) in [7, 11) is 3.03. The number of carbonyl (C=O) groups is 1. The summed E-state index contributed by atoms with van der Waals surface area (Å²) < 4.78 is 21.7. The molecule has 0 spiro atoms. The average Bonchev–Trinajstić information content (AvgIpc) is 3.14. The Morgan fingerprint density at radius 3 is 2.50 bits per heavy atom. The van der Waals surface area contributed by atoms with E-state index in [2.05, 4.69) is 16.9 Å². The van der Waals surface area contributed by atoms with Crippen molar-refractivity contribution in [2.75, 3.05) is 20.8 Å². The van der Waals surface area contributed by atoms with E-state index in [1.54, 1.807) is 6.07 Å². The number of hydrogen-bond acceptors (Lipinski definition) is 7. The van der Waals surface area contributed by atoms with Crippen LogP contribution in [0.3, 0.4) is 0 Å². The fourth-order valence-corrected chi connectivity index (χ4v) is 3.79. The van der Waals surface area contributed by atoms with Gasteiger partial charge in [0.2, 0.25) is 11.8 Å². The molecule has 0 aromatic carbocycles. The van der Waals surface area contributed by atoms with Crippen LogP contribution in [0.5, 0.6) is 17.8 Å². The number of fused-ring (bicyclic) bond motifs is 1. The lowest BCUT2D eigenvalue weighted by Gasteiger charge is -2.23. The lowest BCUT2D eigenvalue weighted by atomic mass is 9.96. The minimum Gasteiger partial charge on any atom is -0.481 e. The van der Waals surface area contributed by atoms with Gasteiger partial charge in [0, 0.05) is 0 Å². The van der Waals surface area contributed by atoms with Gasteiger partial charge in [0.05, 0.1) is 26.9 Å². The zero-order valence-corrected chi connectivity index (χ0v) is 14.6. The van der Waals surface area contributed by atoms with Gasteiger partial charge in [-0.2, -0.15) is 9.97 Å². The first kappa shape index (κ1) is 16.8. The van der Waals surface area contributed by atoms with Crippen LogP contribution in [-0.4, -0.2) is 42.9 Å². The number of carbonyl (C=O) groups excluding carboxylic acids is 1. The Hall–Kier alpha value is -2.05. The molecule has 7 nitrogen and oxygen atoms in total. The molecular weight excluding hydrogens is 312 g/mol. The third-order valence-electron chi connectivity index (χ3n) is 5.26. The van der Waals surface area contributed by atoms with Crippen molar-refractivity contribution in [1.29, 1.82) is 0 Å². The number of ether oxygens (including phenoxy) is 4. The van der Waals surface area contributed by atoms with E-state index in [1.165, 1.54) is 14.2 Å². The monoisotopic (exact) mass is 336 g/mol. The highest BCUT2D eigenvalue weighted by Gasteiger charge is 2.78. The molecule has 1 aromatic heterocycles. The number of hydrogen-bond donors (Lipinski definition) is 0. The van der Waals surface area contributed by atoms with Crippen LogP contribution in [0.4, 0.5) is 0 Å². The highest BCUT2D eigenvalue weighted by Crippen LogP contribution is 2.74. The summed E-state index contributed by atoms with van der Waals surface area (Å²) in [6.07, 6.45) is 3.01. The Balaban J connectivity index is 1.81. The van der Waals surface area contributed by atoms with Crippen LogP contribution in [0.1, 0.15) is 39.5 Å². The van der Waals surface area contributed by atoms with Gasteiger partial charge in [-0.05, 0) is 31.1 Å². The van der Waals surface area contributed by atoms with Crippen molar-refractivity contribution >= 4 is 5.97 Å². The molecule has 2 aliphatic carbocycles. The SMILES string of the molecule is CCCOC(=O)C12CC1(C)CCC2Oc1nc(OC)cc(OC)n1. The van der Waals surface area contributed by atoms with E-state index in [0.717, 1.165) is 25.7 Å². The summed E-state index contributed by atoms with van der Waals surface area (Å²) in [6, 6.07) is 1.74. The lowest BCUT2D eigenvalue weighted by molar-refractivity contribution is -0.154. The summed E-state index contributed by atoms with van der Waals surface area (Å²) in [5, 5.41) is 0. The van der Waals surface area contributed by atoms with E-state index in [1.807, 2.05) is 6.92 Å². The molecule has 3 atom stereocenters. The van der Waals surface area contributed by atoms with Crippen molar-refractivity contribution in [3.05, 3.63) is 6.07 Å². The molecule has 3 unspecified atom stereocenters. The molecule has 0 N–H and O–H groups in total. The molecule has 0 bridgehead atoms. The smallest absolute Gasteiger partial charge is 0.323 e. The predicted molar refractivity (Wildman–Crippen MR) is 85.2 cm³/mol. The second-order valence-corrected chi connectivity index (χ2v) is 6.73. The third kappa shape index (κ3) is 2.56. The van der Waals surface area contributed by atoms with Crippen molar-refractivity contribution in [3.63, 3.8) is 0 Å². The first-order valence-corrected chi connectivity index (χ1v) is 8.30. The fourth-order valence-electron chi connectivity index (χ4n) is 3.79. The Labute approximate surface area is 141 Å². The second-order valence-electron chi connectivity index (χ2n) is 6.73. The molecule has 0 saturated heterocycles. The summed E-state index contributed by atoms with van der Waals surface area (Å²) in [4.78, 5) is 21.0. The molecule has 0 aliphatic heterocycles. The standard InChI is InChI=1S/C17H24N2O5/c1-5-8-23-14(20)17-10-16(17,2)7-6-11(17)24-15-18-12(21-3)9-13(19-15)22-4/h9,11H,5-8,10H2,1-4H3. The second kappa shape index (κ2) is 6.11. The number of esters is 1. The van der Waals surface area contributed by atoms with Gasteiger partial charge in [0.15, 0.2) is 0 Å². The number of nitrogens with zero attached hydrogens (tertiary/aromatic N) is 2. The average molecular weight is 336 g/mol. The van der Waals surface area contributed by atoms with Crippen LogP contribution in [0.25, 0.3) is 0 Å². The van der Waals surface area contributed by atoms with Gasteiger partial charge in [0.25, 0.3) is 0 Å². The van der Waals surface area contributed by atoms with Gasteiger partial charge >= 0.3 is 12.0 Å². The zero-order valence-electron chi connectivity index (χ0n) is 14.6. The highest BCUT2D eigenvalue weighted by molar-refractivity contribution is 5.83. The first-order valence-electron chi connectivity index (χ1n) is 8.30. The molecule has 1 aromatic rings. The highest BCUT2D eigenvalue weighted by atomic mass is 16.5. The minimum atomic E-state index is -0.582. The van der Waals surface area contributed by atoms with E-state index in [-0.39, 0.29) is 23.5 Å². The van der Waals surface area contributed by atoms with Crippen molar-refractivity contribution in [1.82, 2.24) is 9.97 Å². The molecule has 2 saturated carbocycles. The maximum absolute atomic E-state index is 12.6. The topological polar surface area (TPSA) is 79.8 Å². The van der Waals surface area contributed by atoms with E-state index in [4.69, 9.17) is 18.9 Å². The van der Waals surface area contributed by atoms with Crippen molar-refractivity contribution in [2.45, 2.75) is 45.6 Å². The van der Waals surface area contributed by atoms with E-state index < -0.39 is 5.41 Å². The van der Waals surface area contributed by atoms with Crippen LogP contribution in [0.15, 0.2) is 6.07 Å². The molecule has 132 valence electrons. The molecule has 0 amide bonds. The number of aromatic nitrogens is 2. The fraction of sp³-hybridized carbons (Fsp3) is 0.706. The molecule has 7 heteroatoms. The van der Waals surface area contributed by atoms with Crippen molar-refractivity contribution < 1.29 is 23.7 Å². The van der Waals surface area contributed by atoms with Gasteiger partial charge in [0.1, 0.15) is 11.5 Å². The zero-order chi connectivity index (χ0) is 17.4. The largest absolute Gasteiger partial charge is 0.481 e. The van der Waals surface area contributed by atoms with Gasteiger partial charge in [-0.25, -0.2) is 0 Å². The maximum Gasteiger partial charge on any atom is 0.323 e. The summed E-state index contributed by atoms with van der Waals surface area (Å²) in [5.41, 5.74) is -0.632. The number of rotatable bonds is 7. The predicted octanol–water partition coefficient (Wildman–Crippen LogP) is 2.38. The summed E-state index contributed by atoms with van der Waals surface area (Å²) in [6.45, 7) is 4.54. The minimum absolute atomic E-state index is 0.0502. The first-order chi connectivity index (χ1) is 11.5. The lowest BCUT2D eigenvalue weighted by Crippen LogP contribution is -2.36. The Bertz CT molecular complexity index is 615. The Morgan fingerprint density at radius 1 is 1.29 bits per heavy atom. The summed E-state index contributed by atoms with van der Waals surface area (Å²) in [5.74, 6) is 0.552. The maximum atomic E-state index is 12.6. The summed E-state index contributed by atoms with van der Waals surface area (Å²) >= 11 is 0. The molecular formula is C17H24N2O5. The third-order valence-corrected chi connectivity index (χ3v) is 5.26. The molecule has 2 fully saturated rings. The van der Waals surface area contributed by atoms with E-state index in [0.29, 0.717) is 18.4 Å². The Kier molecular flexibility index (Phi) is 4.27. The van der Waals surface area contributed by atoms with Crippen molar-refractivity contribution in [3.8, 4) is 17.8 Å². The van der Waals surface area contributed by atoms with Gasteiger partial charge < -0.3 is 18.9 Å². The Morgan fingerprint density at radius 2 is 1.96 bits per heavy atom. The molecule has 2 aliphatic rings. The molecule has 0 radical (unpaired) electrons. The van der Waals surface area contributed by atoms with Crippen LogP contribution >= 0.6 is 0 Å². The van der Waals surface area contributed by atoms with Gasteiger partial charge in [-0.15, -0.1) is 0 Å². The van der Waals surface area contributed by atoms with Gasteiger partial charge in [-0.1, -0.05) is 13.8 Å². The van der Waals surface area contributed by atoms with E-state index in [9.17, 15) is 4.79 Å². The number of methoxy groups -OCH3 is 2. The molecule has 1 heterocycles. The van der Waals surface area contributed by atoms with E-state index >= 15 is 0 Å². The quantitative estimate of drug-likeness (QED) is 0.707. The van der Waals surface area contributed by atoms with Crippen LogP contribution in [-0.2, 0) is 9.53 Å².